The van der Waals surface area contributed by atoms with E-state index >= 15 is 0 Å². The van der Waals surface area contributed by atoms with Gasteiger partial charge in [-0.15, -0.1) is 0 Å². The van der Waals surface area contributed by atoms with Gasteiger partial charge in [0.05, 0.1) is 0 Å². The largest absolute Gasteiger partial charge is 1.00 e. The second-order valence-electron chi connectivity index (χ2n) is 2.27. The Morgan fingerprint density at radius 1 is 0.375 bits per heavy atom. The van der Waals surface area contributed by atoms with Crippen LogP contribution in [0, 0.1) is 19.3 Å². The molecule has 0 nitrogen and oxygen atoms in total. The van der Waals surface area contributed by atoms with Gasteiger partial charge in [0, 0.05) is 24.4 Å². The molecule has 150 valence electrons. The molecule has 0 aromatic heterocycles. The van der Waals surface area contributed by atoms with Gasteiger partial charge in [0.15, 0.2) is 0 Å². The van der Waals surface area contributed by atoms with Crippen LogP contribution in [-0.4, -0.2) is 43.0 Å². The number of hydrogen-bond acceptors (Lipinski definition) is 0. The zero-order valence-electron chi connectivity index (χ0n) is 9.87. The summed E-state index contributed by atoms with van der Waals surface area (Å²) in [4.78, 5) is 0. The molecule has 0 aliphatic rings. The second kappa shape index (κ2) is 15.9. The first kappa shape index (κ1) is 39.7. The second-order valence-corrected chi connectivity index (χ2v) is 2.27. The van der Waals surface area contributed by atoms with Gasteiger partial charge in [-0.1, -0.05) is 0 Å². The quantitative estimate of drug-likeness (QED) is 0.250. The summed E-state index contributed by atoms with van der Waals surface area (Å²) in [6, 6.07) is 0. The van der Waals surface area contributed by atoms with Crippen LogP contribution in [0.5, 0.6) is 0 Å². The molecule has 0 heterocycles. The monoisotopic (exact) mass is 636 g/mol. The average Bonchev–Trinajstić information content (AvgIpc) is 2.14. The van der Waals surface area contributed by atoms with E-state index in [-0.39, 0.29) is 58.4 Å². The Morgan fingerprint density at radius 2 is 0.417 bits per heavy atom. The van der Waals surface area contributed by atoms with Crippen molar-refractivity contribution in [3.63, 3.8) is 0 Å². The van der Waals surface area contributed by atoms with E-state index in [2.05, 4.69) is 0 Å². The van der Waals surface area contributed by atoms with Gasteiger partial charge >= 0.3 is 37.8 Å². The molecular formula is C6Br2F15Sb-2. The molecule has 0 bridgehead atoms. The van der Waals surface area contributed by atoms with E-state index in [9.17, 15) is 65.9 Å². The molecule has 0 N–H and O–H groups in total. The van der Waals surface area contributed by atoms with Crippen LogP contribution in [-0.2, 0) is 0 Å². The molecular weight excluding hydrogens is 639 g/mol. The Morgan fingerprint density at radius 3 is 0.417 bits per heavy atom. The smallest absolute Gasteiger partial charge is 0.460 e. The van der Waals surface area contributed by atoms with Crippen molar-refractivity contribution in [2.24, 2.45) is 0 Å². The molecule has 6 radical (unpaired) electrons. The van der Waals surface area contributed by atoms with E-state index in [0.29, 0.717) is 0 Å². The fraction of sp³-hybridized carbons (Fsp3) is 0.500. The van der Waals surface area contributed by atoms with Crippen molar-refractivity contribution in [3.8, 4) is 0 Å². The van der Waals surface area contributed by atoms with Crippen molar-refractivity contribution >= 4 is 24.4 Å². The predicted molar refractivity (Wildman–Crippen MR) is 40.3 cm³/mol. The number of alkyl halides is 9. The minimum atomic E-state index is -5.42. The molecule has 0 unspecified atom stereocenters. The van der Waals surface area contributed by atoms with E-state index in [1.54, 1.807) is 0 Å². The van der Waals surface area contributed by atoms with Gasteiger partial charge < -0.3 is 34.0 Å². The number of rotatable bonds is 0. The zero-order valence-corrected chi connectivity index (χ0v) is 15.6. The summed E-state index contributed by atoms with van der Waals surface area (Å²) >= 11 is 0. The van der Waals surface area contributed by atoms with E-state index in [1.165, 1.54) is 0 Å². The van der Waals surface area contributed by atoms with Crippen molar-refractivity contribution in [1.82, 2.24) is 0 Å². The molecule has 0 saturated carbocycles. The Labute approximate surface area is 162 Å². The molecule has 24 heavy (non-hydrogen) atoms. The summed E-state index contributed by atoms with van der Waals surface area (Å²) in [6.07, 6.45) is -26.8. The normalized spacial score (nSPS) is 11.2. The maximum Gasteiger partial charge on any atom is 0.460 e. The Balaban J connectivity index is -0.0000000476. The van der Waals surface area contributed by atoms with Crippen molar-refractivity contribution in [3.05, 3.63) is 19.3 Å². The van der Waals surface area contributed by atoms with Gasteiger partial charge in [-0.2, -0.15) is 65.9 Å². The molecule has 0 amide bonds. The molecule has 0 aromatic rings. The summed E-state index contributed by atoms with van der Waals surface area (Å²) in [5.74, 6) is 0. The molecule has 0 spiro atoms. The van der Waals surface area contributed by atoms with E-state index in [0.717, 1.165) is 0 Å². The van der Waals surface area contributed by atoms with Crippen LogP contribution >= 0.6 is 0 Å². The van der Waals surface area contributed by atoms with Crippen LogP contribution in [0.2, 0.25) is 0 Å². The predicted octanol–water partition coefficient (Wildman–Crippen LogP) is -0.441. The van der Waals surface area contributed by atoms with E-state index in [1.807, 2.05) is 0 Å². The first-order valence-corrected chi connectivity index (χ1v) is 3.58. The van der Waals surface area contributed by atoms with Gasteiger partial charge in [0.1, 0.15) is 0 Å². The van der Waals surface area contributed by atoms with Gasteiger partial charge in [0.2, 0.25) is 0 Å². The van der Waals surface area contributed by atoms with Crippen molar-refractivity contribution in [1.29, 1.82) is 0 Å². The maximum absolute atomic E-state index is 10.4. The van der Waals surface area contributed by atoms with Gasteiger partial charge in [-0.25, -0.2) is 0 Å². The molecule has 0 aliphatic carbocycles. The molecule has 0 aliphatic heterocycles. The van der Waals surface area contributed by atoms with Crippen LogP contribution in [0.25, 0.3) is 0 Å². The Kier molecular flexibility index (Phi) is 26.4. The third-order valence-corrected chi connectivity index (χ3v) is 0.643. The van der Waals surface area contributed by atoms with Gasteiger partial charge in [0.25, 0.3) is 0 Å². The molecule has 0 saturated heterocycles. The maximum atomic E-state index is 10.4. The zero-order chi connectivity index (χ0) is 18.2. The standard InChI is InChI=1S/3C2F5.2BrH.Sb/c3*3-1(4)2(5,6)7;;;/h;;;2*1H;/p-2. The number of halogens is 17. The first-order chi connectivity index (χ1) is 8.83. The minimum Gasteiger partial charge on any atom is -1.00 e. The summed E-state index contributed by atoms with van der Waals surface area (Å²) in [6.45, 7) is 0. The van der Waals surface area contributed by atoms with Crippen molar-refractivity contribution < 1.29 is 99.8 Å². The number of hydrogen-bond donors (Lipinski definition) is 0. The summed E-state index contributed by atoms with van der Waals surface area (Å²) in [7, 11) is 0. The third kappa shape index (κ3) is 30.6. The molecule has 0 aromatic carbocycles. The molecule has 18 heteroatoms. The summed E-state index contributed by atoms with van der Waals surface area (Å²) in [5.41, 5.74) is 0. The van der Waals surface area contributed by atoms with Crippen molar-refractivity contribution in [2.45, 2.75) is 18.5 Å². The summed E-state index contributed by atoms with van der Waals surface area (Å²) < 4.78 is 156. The van der Waals surface area contributed by atoms with Crippen LogP contribution in [0.15, 0.2) is 0 Å². The van der Waals surface area contributed by atoms with Crippen LogP contribution in [0.3, 0.4) is 0 Å². The van der Waals surface area contributed by atoms with Crippen LogP contribution in [0.4, 0.5) is 65.9 Å². The SMILES string of the molecule is F[C](F)C(F)(F)F.F[C](F)C(F)(F)F.F[C](F)C(F)(F)F.[Br-].[Br-].[Sb]. The topological polar surface area (TPSA) is 0 Å². The minimum absolute atomic E-state index is 0. The van der Waals surface area contributed by atoms with Crippen LogP contribution in [0.1, 0.15) is 0 Å². The van der Waals surface area contributed by atoms with E-state index < -0.39 is 37.8 Å². The van der Waals surface area contributed by atoms with E-state index in [4.69, 9.17) is 0 Å². The fourth-order valence-electron chi connectivity index (χ4n) is 0. The third-order valence-electron chi connectivity index (χ3n) is 0.643. The molecule has 0 rings (SSSR count). The van der Waals surface area contributed by atoms with Crippen molar-refractivity contribution in [2.75, 3.05) is 0 Å². The molecule has 0 fully saturated rings. The Hall–Kier alpha value is 0.728. The first-order valence-electron chi connectivity index (χ1n) is 3.58. The Bertz CT molecular complexity index is 213. The van der Waals surface area contributed by atoms with Gasteiger partial charge in [-0.05, 0) is 0 Å². The molecule has 0 atom stereocenters. The van der Waals surface area contributed by atoms with Gasteiger partial charge in [-0.3, -0.25) is 0 Å². The van der Waals surface area contributed by atoms with Crippen LogP contribution < -0.4 is 34.0 Å². The fourth-order valence-corrected chi connectivity index (χ4v) is 0. The average molecular weight is 639 g/mol. The summed E-state index contributed by atoms with van der Waals surface area (Å²) in [5, 5.41) is 0.